The van der Waals surface area contributed by atoms with Gasteiger partial charge in [-0.1, -0.05) is 109 Å². The third-order valence-corrected chi connectivity index (χ3v) is 8.70. The van der Waals surface area contributed by atoms with Gasteiger partial charge in [-0.3, -0.25) is 5.92 Å². The van der Waals surface area contributed by atoms with Crippen molar-refractivity contribution in [3.05, 3.63) is 88.9 Å². The van der Waals surface area contributed by atoms with Crippen LogP contribution in [-0.4, -0.2) is 0 Å². The van der Waals surface area contributed by atoms with Crippen LogP contribution in [0.5, 0.6) is 0 Å². The molecule has 157 valence electrons. The summed E-state index contributed by atoms with van der Waals surface area (Å²) < 4.78 is 0. The van der Waals surface area contributed by atoms with Crippen LogP contribution in [0.15, 0.2) is 66.3 Å². The number of hydrogen-bond donors (Lipinski definition) is 0. The van der Waals surface area contributed by atoms with Gasteiger partial charge in [0.05, 0.1) is 0 Å². The van der Waals surface area contributed by atoms with Gasteiger partial charge in [0.25, 0.3) is 0 Å². The summed E-state index contributed by atoms with van der Waals surface area (Å²) in [6.45, 7) is 0. The molecule has 4 saturated carbocycles. The van der Waals surface area contributed by atoms with E-state index >= 15 is 0 Å². The van der Waals surface area contributed by atoms with Gasteiger partial charge in [-0.15, -0.1) is 5.41 Å². The van der Waals surface area contributed by atoms with Crippen molar-refractivity contribution in [2.75, 3.05) is 0 Å². The Morgan fingerprint density at radius 1 is 0.839 bits per heavy atom. The molecule has 4 bridgehead atoms. The molecule has 0 amide bonds. The first-order valence-corrected chi connectivity index (χ1v) is 11.3. The van der Waals surface area contributed by atoms with Crippen molar-refractivity contribution in [1.82, 2.24) is 0 Å². The first-order chi connectivity index (χ1) is 13.8. The molecule has 2 aromatic carbocycles. The van der Waals surface area contributed by atoms with Crippen LogP contribution in [0.2, 0.25) is 0 Å². The van der Waals surface area contributed by atoms with E-state index in [2.05, 4.69) is 60.7 Å². The average molecular weight is 526 g/mol. The van der Waals surface area contributed by atoms with Crippen LogP contribution in [0.25, 0.3) is 11.1 Å². The van der Waals surface area contributed by atoms with E-state index in [4.69, 9.17) is 0 Å². The molecule has 0 aliphatic heterocycles. The van der Waals surface area contributed by atoms with Gasteiger partial charge in [-0.25, -0.2) is 0 Å². The van der Waals surface area contributed by atoms with Crippen LogP contribution in [-0.2, 0) is 38.0 Å². The quantitative estimate of drug-likeness (QED) is 0.435. The Morgan fingerprint density at radius 3 is 2.29 bits per heavy atom. The summed E-state index contributed by atoms with van der Waals surface area (Å²) in [4.78, 5) is 0. The Hall–Kier alpha value is -0.617. The summed E-state index contributed by atoms with van der Waals surface area (Å²) >= 11 is 0. The zero-order valence-corrected chi connectivity index (χ0v) is 21.7. The Morgan fingerprint density at radius 2 is 1.58 bits per heavy atom. The van der Waals surface area contributed by atoms with E-state index in [0.29, 0.717) is 0 Å². The molecule has 0 saturated heterocycles. The molecule has 1 radical (unpaired) electrons. The van der Waals surface area contributed by atoms with Crippen molar-refractivity contribution >= 4 is 0 Å². The number of hydrogen-bond acceptors (Lipinski definition) is 0. The third-order valence-electron chi connectivity index (χ3n) is 8.70. The number of benzene rings is 2. The molecule has 4 fully saturated rings. The molecule has 2 aromatic rings. The average Bonchev–Trinajstić information content (AvgIpc) is 3.36. The molecule has 0 aromatic heterocycles. The minimum atomic E-state index is 0. The largest absolute Gasteiger partial charge is 3.00 e. The predicted molar refractivity (Wildman–Crippen MR) is 115 cm³/mol. The zero-order chi connectivity index (χ0) is 18.3. The van der Waals surface area contributed by atoms with Crippen molar-refractivity contribution in [2.24, 2.45) is 17.8 Å². The second-order valence-corrected chi connectivity index (χ2v) is 9.95. The molecule has 8 rings (SSSR count). The van der Waals surface area contributed by atoms with Crippen LogP contribution in [0, 0.1) is 23.7 Å². The maximum absolute atomic E-state index is 2.51. The van der Waals surface area contributed by atoms with Crippen molar-refractivity contribution in [3.8, 4) is 11.1 Å². The minimum absolute atomic E-state index is 0. The van der Waals surface area contributed by atoms with Crippen LogP contribution in [0.3, 0.4) is 0 Å². The van der Waals surface area contributed by atoms with Gasteiger partial charge in [0.15, 0.2) is 0 Å². The van der Waals surface area contributed by atoms with Gasteiger partial charge < -0.3 is 24.8 Å². The Bertz CT molecular complexity index is 1020. The number of halogens is 2. The van der Waals surface area contributed by atoms with Gasteiger partial charge in [-0.2, -0.15) is 12.8 Å². The summed E-state index contributed by atoms with van der Waals surface area (Å²) in [5.41, 5.74) is 9.74. The third kappa shape index (κ3) is 3.17. The maximum Gasteiger partial charge on any atom is 3.00 e. The fraction of sp³-hybridized carbons (Fsp3) is 0.393. The number of rotatable bonds is 2. The normalized spacial score (nSPS) is 31.2. The van der Waals surface area contributed by atoms with Gasteiger partial charge >= 0.3 is 26.2 Å². The molecule has 6 aliphatic carbocycles. The van der Waals surface area contributed by atoms with E-state index in [1.807, 2.05) is 5.92 Å². The van der Waals surface area contributed by atoms with E-state index < -0.39 is 0 Å². The monoisotopic (exact) mass is 523 g/mol. The first-order valence-electron chi connectivity index (χ1n) is 11.3. The fourth-order valence-electron chi connectivity index (χ4n) is 7.98. The molecule has 0 nitrogen and oxygen atoms in total. The second kappa shape index (κ2) is 8.63. The summed E-state index contributed by atoms with van der Waals surface area (Å²) in [5, 5.41) is 0. The molecule has 6 aliphatic rings. The van der Waals surface area contributed by atoms with Gasteiger partial charge in [0, 0.05) is 0 Å². The van der Waals surface area contributed by atoms with E-state index in [1.54, 1.807) is 16.7 Å². The molecule has 0 N–H and O–H groups in total. The second-order valence-electron chi connectivity index (χ2n) is 9.95. The van der Waals surface area contributed by atoms with Crippen molar-refractivity contribution in [3.63, 3.8) is 0 Å². The Balaban J connectivity index is 0.000000771. The van der Waals surface area contributed by atoms with Crippen molar-refractivity contribution in [2.45, 2.75) is 50.4 Å². The van der Waals surface area contributed by atoms with Crippen LogP contribution in [0.1, 0.15) is 55.2 Å². The molecule has 3 atom stereocenters. The Kier molecular flexibility index (Phi) is 6.55. The van der Waals surface area contributed by atoms with Crippen molar-refractivity contribution in [1.29, 1.82) is 0 Å². The first kappa shape index (κ1) is 23.5. The van der Waals surface area contributed by atoms with E-state index in [-0.39, 0.29) is 56.4 Å². The van der Waals surface area contributed by atoms with Crippen LogP contribution >= 0.6 is 0 Å². The van der Waals surface area contributed by atoms with E-state index in [9.17, 15) is 0 Å². The topological polar surface area (TPSA) is 0 Å². The molecular formula is C28H27Cl2Zr. The molecule has 3 unspecified atom stereocenters. The summed E-state index contributed by atoms with van der Waals surface area (Å²) in [7, 11) is 0. The molecular weight excluding hydrogens is 498 g/mol. The smallest absolute Gasteiger partial charge is 1.00 e. The standard InChI is InChI=1S/C28H27.2ClH.Zr/c1-4-9-24-20(6-1)17-26-25(24)10-5-11-27(26)28(21-7-2-3-8-21)22-13-18-12-19(15-22)16-23(28)14-18;;;/h1-7,9-11,18-19,22H,8,12-17H2;2*1H;/q-1;;;+3/p-2. The summed E-state index contributed by atoms with van der Waals surface area (Å²) in [5.74, 6) is 4.68. The summed E-state index contributed by atoms with van der Waals surface area (Å²) in [6, 6.07) is 16.3. The fourth-order valence-corrected chi connectivity index (χ4v) is 7.98. The summed E-state index contributed by atoms with van der Waals surface area (Å²) in [6.07, 6.45) is 16.7. The molecule has 31 heavy (non-hydrogen) atoms. The number of allylic oxidation sites excluding steroid dienone is 4. The van der Waals surface area contributed by atoms with Gasteiger partial charge in [0.1, 0.15) is 0 Å². The van der Waals surface area contributed by atoms with E-state index in [1.165, 1.54) is 48.8 Å². The Labute approximate surface area is 217 Å². The number of fused-ring (bicyclic) bond motifs is 3. The molecule has 3 heteroatoms. The van der Waals surface area contributed by atoms with Gasteiger partial charge in [0.2, 0.25) is 0 Å². The van der Waals surface area contributed by atoms with E-state index in [0.717, 1.165) is 30.6 Å². The molecule has 0 heterocycles. The maximum atomic E-state index is 2.51. The molecule has 0 spiro atoms. The van der Waals surface area contributed by atoms with Gasteiger partial charge in [-0.05, 0) is 35.1 Å². The predicted octanol–water partition coefficient (Wildman–Crippen LogP) is 0.802. The van der Waals surface area contributed by atoms with Crippen LogP contribution in [0.4, 0.5) is 0 Å². The van der Waals surface area contributed by atoms with Crippen molar-refractivity contribution < 1.29 is 51.0 Å². The zero-order valence-electron chi connectivity index (χ0n) is 17.7. The van der Waals surface area contributed by atoms with Crippen LogP contribution < -0.4 is 24.8 Å². The SMILES string of the molecule is C1=CCC(C2(c3cccc4c3Cc3ccccc3-4)[C-]3CC4CC(C3)CC2C4)=C1.[Cl-].[Cl-].[Zr+3]. The minimum Gasteiger partial charge on any atom is -1.00 e.